The van der Waals surface area contributed by atoms with Crippen LogP contribution in [0.2, 0.25) is 0 Å². The molecule has 0 radical (unpaired) electrons. The third-order valence-corrected chi connectivity index (χ3v) is 5.34. The molecule has 0 bridgehead atoms. The molecule has 0 aliphatic carbocycles. The molecule has 1 aromatic carbocycles. The Labute approximate surface area is 144 Å². The first-order valence-corrected chi connectivity index (χ1v) is 8.98. The summed E-state index contributed by atoms with van der Waals surface area (Å²) in [4.78, 5) is 18.7. The van der Waals surface area contributed by atoms with Gasteiger partial charge in [-0.05, 0) is 32.4 Å². The number of likely N-dealkylation sites (tertiary alicyclic amines) is 1. The molecule has 2 aliphatic heterocycles. The van der Waals surface area contributed by atoms with Gasteiger partial charge in [0.05, 0.1) is 12.6 Å². The molecular weight excluding hydrogens is 302 g/mol. The van der Waals surface area contributed by atoms with Crippen molar-refractivity contribution in [2.24, 2.45) is 0 Å². The molecule has 1 N–H and O–H groups in total. The highest BCUT2D eigenvalue weighted by Crippen LogP contribution is 2.21. The highest BCUT2D eigenvalue weighted by atomic mass is 16.3. The predicted molar refractivity (Wildman–Crippen MR) is 94.8 cm³/mol. The lowest BCUT2D eigenvalue weighted by Gasteiger charge is -2.42. The molecule has 2 heterocycles. The van der Waals surface area contributed by atoms with E-state index in [2.05, 4.69) is 21.6 Å². The quantitative estimate of drug-likeness (QED) is 0.902. The molecule has 1 unspecified atom stereocenters. The smallest absolute Gasteiger partial charge is 0.237 e. The van der Waals surface area contributed by atoms with E-state index in [1.165, 1.54) is 5.56 Å². The van der Waals surface area contributed by atoms with E-state index in [9.17, 15) is 9.90 Å². The number of rotatable bonds is 4. The van der Waals surface area contributed by atoms with Crippen molar-refractivity contribution in [2.45, 2.75) is 31.9 Å². The fraction of sp³-hybridized carbons (Fsp3) is 0.632. The molecular formula is C19H29N3O2. The number of piperazine rings is 1. The Balaban J connectivity index is 1.48. The van der Waals surface area contributed by atoms with Crippen molar-refractivity contribution in [3.8, 4) is 0 Å². The Kier molecular flexibility index (Phi) is 5.54. The van der Waals surface area contributed by atoms with Crippen molar-refractivity contribution in [3.63, 3.8) is 0 Å². The van der Waals surface area contributed by atoms with Crippen molar-refractivity contribution < 1.29 is 9.90 Å². The monoisotopic (exact) mass is 331 g/mol. The maximum atomic E-state index is 12.2. The largest absolute Gasteiger partial charge is 0.387 e. The van der Waals surface area contributed by atoms with Gasteiger partial charge in [0.2, 0.25) is 5.91 Å². The van der Waals surface area contributed by atoms with Gasteiger partial charge in [0.25, 0.3) is 0 Å². The number of β-amino-alcohol motifs (C(OH)–C–C–N with tert-alkyl or cyclic N) is 1. The predicted octanol–water partition coefficient (Wildman–Crippen LogP) is 1.27. The Hall–Kier alpha value is -1.43. The number of nitrogens with zero attached hydrogens (tertiary/aromatic N) is 3. The zero-order chi connectivity index (χ0) is 17.1. The topological polar surface area (TPSA) is 47.0 Å². The van der Waals surface area contributed by atoms with Gasteiger partial charge in [0, 0.05) is 38.8 Å². The third kappa shape index (κ3) is 4.15. The van der Waals surface area contributed by atoms with Crippen LogP contribution in [0.5, 0.6) is 0 Å². The summed E-state index contributed by atoms with van der Waals surface area (Å²) in [7, 11) is 2.00. The van der Waals surface area contributed by atoms with Crippen LogP contribution < -0.4 is 0 Å². The van der Waals surface area contributed by atoms with Crippen molar-refractivity contribution in [2.75, 3.05) is 46.3 Å². The van der Waals surface area contributed by atoms with E-state index in [1.54, 1.807) is 0 Å². The standard InChI is InChI=1S/C19H29N3O2/c1-15-3-5-16(6-4-15)18(23)13-21-9-7-17(8-10-21)22-12-11-20(2)14-19(22)24/h3-6,17-18,23H,7-14H2,1-2H3. The summed E-state index contributed by atoms with van der Waals surface area (Å²) >= 11 is 0. The SMILES string of the molecule is Cc1ccc(C(O)CN2CCC(N3CCN(C)CC3=O)CC2)cc1. The average molecular weight is 331 g/mol. The fourth-order valence-electron chi connectivity index (χ4n) is 3.74. The Bertz CT molecular complexity index is 552. The summed E-state index contributed by atoms with van der Waals surface area (Å²) in [6.45, 7) is 7.00. The van der Waals surface area contributed by atoms with E-state index in [4.69, 9.17) is 0 Å². The molecule has 2 saturated heterocycles. The number of hydrogen-bond donors (Lipinski definition) is 1. The number of aryl methyl sites for hydroxylation is 1. The van der Waals surface area contributed by atoms with E-state index in [0.29, 0.717) is 19.1 Å². The molecule has 2 fully saturated rings. The number of carbonyl (C=O) groups is 1. The highest BCUT2D eigenvalue weighted by Gasteiger charge is 2.31. The zero-order valence-electron chi connectivity index (χ0n) is 14.8. The first kappa shape index (κ1) is 17.4. The summed E-state index contributed by atoms with van der Waals surface area (Å²) in [6.07, 6.45) is 1.58. The van der Waals surface area contributed by atoms with Crippen LogP contribution in [0.4, 0.5) is 0 Å². The Morgan fingerprint density at radius 1 is 1.12 bits per heavy atom. The maximum absolute atomic E-state index is 12.2. The Morgan fingerprint density at radius 2 is 1.79 bits per heavy atom. The molecule has 5 heteroatoms. The molecule has 0 aromatic heterocycles. The van der Waals surface area contributed by atoms with Crippen molar-refractivity contribution in [3.05, 3.63) is 35.4 Å². The summed E-state index contributed by atoms with van der Waals surface area (Å²) < 4.78 is 0. The van der Waals surface area contributed by atoms with Crippen molar-refractivity contribution in [1.29, 1.82) is 0 Å². The first-order chi connectivity index (χ1) is 11.5. The van der Waals surface area contributed by atoms with Crippen molar-refractivity contribution >= 4 is 5.91 Å². The van der Waals surface area contributed by atoms with E-state index < -0.39 is 6.10 Å². The second-order valence-electron chi connectivity index (χ2n) is 7.28. The van der Waals surface area contributed by atoms with Gasteiger partial charge in [-0.25, -0.2) is 0 Å². The fourth-order valence-corrected chi connectivity index (χ4v) is 3.74. The minimum Gasteiger partial charge on any atom is -0.387 e. The molecule has 1 aromatic rings. The van der Waals surface area contributed by atoms with Crippen LogP contribution in [0.1, 0.15) is 30.1 Å². The number of amides is 1. The normalized spacial score (nSPS) is 22.8. The van der Waals surface area contributed by atoms with Gasteiger partial charge in [0.15, 0.2) is 0 Å². The molecule has 1 atom stereocenters. The second kappa shape index (κ2) is 7.64. The maximum Gasteiger partial charge on any atom is 0.237 e. The van der Waals surface area contributed by atoms with Gasteiger partial charge in [-0.15, -0.1) is 0 Å². The van der Waals surface area contributed by atoms with E-state index >= 15 is 0 Å². The average Bonchev–Trinajstić information content (AvgIpc) is 2.56. The van der Waals surface area contributed by atoms with Crippen LogP contribution in [0, 0.1) is 6.92 Å². The number of piperidine rings is 1. The van der Waals surface area contributed by atoms with Gasteiger partial charge in [-0.2, -0.15) is 0 Å². The number of aliphatic hydroxyl groups excluding tert-OH is 1. The molecule has 2 aliphatic rings. The van der Waals surface area contributed by atoms with Crippen LogP contribution >= 0.6 is 0 Å². The Morgan fingerprint density at radius 3 is 2.42 bits per heavy atom. The van der Waals surface area contributed by atoms with Gasteiger partial charge in [-0.1, -0.05) is 29.8 Å². The number of likely N-dealkylation sites (N-methyl/N-ethyl adjacent to an activating group) is 1. The third-order valence-electron chi connectivity index (χ3n) is 5.34. The van der Waals surface area contributed by atoms with Crippen LogP contribution in [0.3, 0.4) is 0 Å². The summed E-state index contributed by atoms with van der Waals surface area (Å²) in [5.74, 6) is 0.266. The molecule has 1 amide bonds. The molecule has 3 rings (SSSR count). The van der Waals surface area contributed by atoms with Gasteiger partial charge >= 0.3 is 0 Å². The van der Waals surface area contributed by atoms with E-state index in [0.717, 1.165) is 44.6 Å². The number of hydrogen-bond acceptors (Lipinski definition) is 4. The lowest BCUT2D eigenvalue weighted by molar-refractivity contribution is -0.139. The van der Waals surface area contributed by atoms with Crippen LogP contribution in [0.25, 0.3) is 0 Å². The van der Waals surface area contributed by atoms with Gasteiger partial charge in [0.1, 0.15) is 0 Å². The van der Waals surface area contributed by atoms with Crippen LogP contribution in [-0.4, -0.2) is 78.1 Å². The number of benzene rings is 1. The van der Waals surface area contributed by atoms with E-state index in [-0.39, 0.29) is 5.91 Å². The highest BCUT2D eigenvalue weighted by molar-refractivity contribution is 5.79. The summed E-state index contributed by atoms with van der Waals surface area (Å²) in [6, 6.07) is 8.48. The summed E-state index contributed by atoms with van der Waals surface area (Å²) in [5.41, 5.74) is 2.19. The lowest BCUT2D eigenvalue weighted by Crippen LogP contribution is -2.55. The van der Waals surface area contributed by atoms with Crippen molar-refractivity contribution in [1.82, 2.24) is 14.7 Å². The zero-order valence-corrected chi connectivity index (χ0v) is 14.8. The minimum absolute atomic E-state index is 0.266. The van der Waals surface area contributed by atoms with E-state index in [1.807, 2.05) is 31.3 Å². The molecule has 0 spiro atoms. The van der Waals surface area contributed by atoms with Gasteiger partial charge in [-0.3, -0.25) is 9.69 Å². The first-order valence-electron chi connectivity index (χ1n) is 8.98. The van der Waals surface area contributed by atoms with Crippen LogP contribution in [0.15, 0.2) is 24.3 Å². The van der Waals surface area contributed by atoms with Crippen LogP contribution in [-0.2, 0) is 4.79 Å². The molecule has 24 heavy (non-hydrogen) atoms. The summed E-state index contributed by atoms with van der Waals surface area (Å²) in [5, 5.41) is 10.4. The number of aliphatic hydroxyl groups is 1. The second-order valence-corrected chi connectivity index (χ2v) is 7.28. The molecule has 0 saturated carbocycles. The molecule has 132 valence electrons. The lowest BCUT2D eigenvalue weighted by atomic mass is 10.0. The molecule has 5 nitrogen and oxygen atoms in total. The minimum atomic E-state index is -0.438. The number of carbonyl (C=O) groups excluding carboxylic acids is 1. The van der Waals surface area contributed by atoms with Gasteiger partial charge < -0.3 is 14.9 Å².